The third-order valence-corrected chi connectivity index (χ3v) is 3.17. The van der Waals surface area contributed by atoms with E-state index in [0.717, 1.165) is 5.56 Å². The number of rotatable bonds is 4. The van der Waals surface area contributed by atoms with E-state index in [-0.39, 0.29) is 0 Å². The third kappa shape index (κ3) is 3.63. The van der Waals surface area contributed by atoms with E-state index in [1.165, 1.54) is 0 Å². The summed E-state index contributed by atoms with van der Waals surface area (Å²) in [5.41, 5.74) is 0.751. The molecule has 19 heavy (non-hydrogen) atoms. The lowest BCUT2D eigenvalue weighted by molar-refractivity contribution is 0.170. The van der Waals surface area contributed by atoms with Crippen molar-refractivity contribution < 1.29 is 9.84 Å². The van der Waals surface area contributed by atoms with Crippen LogP contribution < -0.4 is 4.74 Å². The predicted molar refractivity (Wildman–Crippen MR) is 78.2 cm³/mol. The van der Waals surface area contributed by atoms with Gasteiger partial charge in [-0.3, -0.25) is 0 Å². The summed E-state index contributed by atoms with van der Waals surface area (Å²) in [5.74, 6) is 1.16. The Labute approximate surface area is 122 Å². The SMILES string of the molecule is CCC(O)c1ccccc1Oc1cc(Cl)cc(Cl)c1. The van der Waals surface area contributed by atoms with E-state index in [9.17, 15) is 5.11 Å². The van der Waals surface area contributed by atoms with E-state index in [2.05, 4.69) is 0 Å². The number of hydrogen-bond donors (Lipinski definition) is 1. The number of halogens is 2. The topological polar surface area (TPSA) is 29.5 Å². The Kier molecular flexibility index (Phi) is 4.70. The number of aliphatic hydroxyl groups excluding tert-OH is 1. The second-order valence-corrected chi connectivity index (χ2v) is 5.04. The number of aliphatic hydroxyl groups is 1. The number of benzene rings is 2. The Balaban J connectivity index is 2.32. The van der Waals surface area contributed by atoms with Gasteiger partial charge in [0.1, 0.15) is 11.5 Å². The summed E-state index contributed by atoms with van der Waals surface area (Å²) >= 11 is 11.9. The lowest BCUT2D eigenvalue weighted by Gasteiger charge is -2.15. The highest BCUT2D eigenvalue weighted by Gasteiger charge is 2.12. The molecular weight excluding hydrogens is 283 g/mol. The maximum absolute atomic E-state index is 9.97. The fourth-order valence-electron chi connectivity index (χ4n) is 1.78. The molecule has 0 saturated carbocycles. The monoisotopic (exact) mass is 296 g/mol. The minimum absolute atomic E-state index is 0.510. The average Bonchev–Trinajstić information content (AvgIpc) is 2.37. The Morgan fingerprint density at radius 2 is 1.74 bits per heavy atom. The van der Waals surface area contributed by atoms with Gasteiger partial charge in [-0.05, 0) is 30.7 Å². The maximum atomic E-state index is 9.97. The molecule has 100 valence electrons. The summed E-state index contributed by atoms with van der Waals surface area (Å²) in [5, 5.41) is 11.0. The number of hydrogen-bond acceptors (Lipinski definition) is 2. The molecular formula is C15H14Cl2O2. The Morgan fingerprint density at radius 3 is 2.37 bits per heavy atom. The highest BCUT2D eigenvalue weighted by Crippen LogP contribution is 2.33. The lowest BCUT2D eigenvalue weighted by Crippen LogP contribution is -1.98. The first kappa shape index (κ1) is 14.2. The van der Waals surface area contributed by atoms with Crippen molar-refractivity contribution in [3.8, 4) is 11.5 Å². The number of para-hydroxylation sites is 1. The van der Waals surface area contributed by atoms with Crippen LogP contribution in [0, 0.1) is 0 Å². The normalized spacial score (nSPS) is 12.2. The van der Waals surface area contributed by atoms with E-state index in [0.29, 0.717) is 28.0 Å². The maximum Gasteiger partial charge on any atom is 0.133 e. The molecule has 1 N–H and O–H groups in total. The molecule has 0 fully saturated rings. The van der Waals surface area contributed by atoms with Crippen LogP contribution in [-0.2, 0) is 0 Å². The lowest BCUT2D eigenvalue weighted by atomic mass is 10.1. The van der Waals surface area contributed by atoms with Gasteiger partial charge in [0.05, 0.1) is 6.10 Å². The van der Waals surface area contributed by atoms with Crippen molar-refractivity contribution in [2.75, 3.05) is 0 Å². The van der Waals surface area contributed by atoms with Gasteiger partial charge in [-0.25, -0.2) is 0 Å². The molecule has 2 aromatic rings. The van der Waals surface area contributed by atoms with Crippen molar-refractivity contribution >= 4 is 23.2 Å². The van der Waals surface area contributed by atoms with Crippen LogP contribution in [0.3, 0.4) is 0 Å². The first-order valence-corrected chi connectivity index (χ1v) is 6.76. The van der Waals surface area contributed by atoms with Crippen LogP contribution in [0.4, 0.5) is 0 Å². The van der Waals surface area contributed by atoms with Gasteiger partial charge in [-0.15, -0.1) is 0 Å². The molecule has 0 bridgehead atoms. The molecule has 2 aromatic carbocycles. The van der Waals surface area contributed by atoms with E-state index >= 15 is 0 Å². The largest absolute Gasteiger partial charge is 0.457 e. The van der Waals surface area contributed by atoms with Crippen LogP contribution in [0.5, 0.6) is 11.5 Å². The molecule has 0 aliphatic carbocycles. The fourth-order valence-corrected chi connectivity index (χ4v) is 2.29. The van der Waals surface area contributed by atoms with Gasteiger partial charge in [-0.2, -0.15) is 0 Å². The molecule has 0 aliphatic heterocycles. The summed E-state index contributed by atoms with van der Waals surface area (Å²) in [6.07, 6.45) is 0.0716. The molecule has 2 rings (SSSR count). The van der Waals surface area contributed by atoms with Gasteiger partial charge in [0.15, 0.2) is 0 Å². The minimum atomic E-state index is -0.550. The average molecular weight is 297 g/mol. The molecule has 0 heterocycles. The van der Waals surface area contributed by atoms with Crippen molar-refractivity contribution in [3.63, 3.8) is 0 Å². The molecule has 0 spiro atoms. The van der Waals surface area contributed by atoms with Gasteiger partial charge >= 0.3 is 0 Å². The van der Waals surface area contributed by atoms with Crippen LogP contribution in [0.1, 0.15) is 25.0 Å². The van der Waals surface area contributed by atoms with E-state index in [1.54, 1.807) is 18.2 Å². The van der Waals surface area contributed by atoms with Gasteiger partial charge in [0.25, 0.3) is 0 Å². The van der Waals surface area contributed by atoms with Gasteiger partial charge in [-0.1, -0.05) is 48.3 Å². The van der Waals surface area contributed by atoms with Crippen LogP contribution >= 0.6 is 23.2 Å². The first-order chi connectivity index (χ1) is 9.10. The summed E-state index contributed by atoms with van der Waals surface area (Å²) in [6, 6.07) is 12.4. The van der Waals surface area contributed by atoms with Crippen LogP contribution in [-0.4, -0.2) is 5.11 Å². The number of ether oxygens (including phenoxy) is 1. The van der Waals surface area contributed by atoms with Crippen LogP contribution in [0.25, 0.3) is 0 Å². The summed E-state index contributed by atoms with van der Waals surface area (Å²) in [4.78, 5) is 0. The summed E-state index contributed by atoms with van der Waals surface area (Å²) in [7, 11) is 0. The van der Waals surface area contributed by atoms with E-state index < -0.39 is 6.10 Å². The zero-order valence-corrected chi connectivity index (χ0v) is 11.9. The standard InChI is InChI=1S/C15H14Cl2O2/c1-2-14(18)13-5-3-4-6-15(13)19-12-8-10(16)7-11(17)9-12/h3-9,14,18H,2H2,1H3. The fraction of sp³-hybridized carbons (Fsp3) is 0.200. The van der Waals surface area contributed by atoms with Crippen molar-refractivity contribution in [2.45, 2.75) is 19.4 Å². The molecule has 2 nitrogen and oxygen atoms in total. The minimum Gasteiger partial charge on any atom is -0.457 e. The predicted octanol–water partition coefficient (Wildman–Crippen LogP) is 5.23. The first-order valence-electron chi connectivity index (χ1n) is 6.01. The molecule has 0 amide bonds. The van der Waals surface area contributed by atoms with Crippen molar-refractivity contribution in [3.05, 3.63) is 58.1 Å². The molecule has 0 aromatic heterocycles. The summed E-state index contributed by atoms with van der Waals surface area (Å²) < 4.78 is 5.77. The highest BCUT2D eigenvalue weighted by atomic mass is 35.5. The Morgan fingerprint density at radius 1 is 1.11 bits per heavy atom. The molecule has 4 heteroatoms. The van der Waals surface area contributed by atoms with Crippen molar-refractivity contribution in [1.82, 2.24) is 0 Å². The second kappa shape index (κ2) is 6.29. The molecule has 0 aliphatic rings. The van der Waals surface area contributed by atoms with Crippen LogP contribution in [0.2, 0.25) is 10.0 Å². The van der Waals surface area contributed by atoms with E-state index in [4.69, 9.17) is 27.9 Å². The third-order valence-electron chi connectivity index (χ3n) is 2.73. The Bertz CT molecular complexity index is 550. The zero-order valence-electron chi connectivity index (χ0n) is 10.4. The quantitative estimate of drug-likeness (QED) is 0.837. The molecule has 0 radical (unpaired) electrons. The smallest absolute Gasteiger partial charge is 0.133 e. The van der Waals surface area contributed by atoms with Gasteiger partial charge in [0, 0.05) is 15.6 Å². The van der Waals surface area contributed by atoms with Gasteiger partial charge < -0.3 is 9.84 Å². The van der Waals surface area contributed by atoms with E-state index in [1.807, 2.05) is 31.2 Å². The highest BCUT2D eigenvalue weighted by molar-refractivity contribution is 6.34. The van der Waals surface area contributed by atoms with Gasteiger partial charge in [0.2, 0.25) is 0 Å². The second-order valence-electron chi connectivity index (χ2n) is 4.17. The van der Waals surface area contributed by atoms with Crippen molar-refractivity contribution in [2.24, 2.45) is 0 Å². The molecule has 0 saturated heterocycles. The zero-order chi connectivity index (χ0) is 13.8. The molecule has 1 atom stereocenters. The Hall–Kier alpha value is -1.22. The molecule has 1 unspecified atom stereocenters. The van der Waals surface area contributed by atoms with Crippen molar-refractivity contribution in [1.29, 1.82) is 0 Å². The van der Waals surface area contributed by atoms with Crippen LogP contribution in [0.15, 0.2) is 42.5 Å². The summed E-state index contributed by atoms with van der Waals surface area (Å²) in [6.45, 7) is 1.91.